The average Bonchev–Trinajstić information content (AvgIpc) is 3.01. The Kier molecular flexibility index (Phi) is 5.66. The van der Waals surface area contributed by atoms with Crippen molar-refractivity contribution in [1.29, 1.82) is 0 Å². The first-order valence-corrected chi connectivity index (χ1v) is 9.94. The van der Waals surface area contributed by atoms with Crippen LogP contribution in [0.4, 0.5) is 15.6 Å². The van der Waals surface area contributed by atoms with Crippen LogP contribution in [0.2, 0.25) is 0 Å². The average molecular weight is 424 g/mol. The summed E-state index contributed by atoms with van der Waals surface area (Å²) in [7, 11) is 0. The highest BCUT2D eigenvalue weighted by Gasteiger charge is 2.27. The van der Waals surface area contributed by atoms with E-state index in [0.29, 0.717) is 46.6 Å². The molecule has 0 bridgehead atoms. The van der Waals surface area contributed by atoms with Crippen molar-refractivity contribution in [1.82, 2.24) is 14.8 Å². The van der Waals surface area contributed by atoms with E-state index >= 15 is 0 Å². The molecule has 1 aliphatic heterocycles. The molecular formula is C17H21N5O4S2. The van der Waals surface area contributed by atoms with Crippen molar-refractivity contribution in [2.75, 3.05) is 31.5 Å². The Morgan fingerprint density at radius 1 is 1.29 bits per heavy atom. The van der Waals surface area contributed by atoms with Gasteiger partial charge < -0.3 is 19.9 Å². The van der Waals surface area contributed by atoms with Gasteiger partial charge in [-0.2, -0.15) is 0 Å². The number of nitro groups is 1. The van der Waals surface area contributed by atoms with Crippen LogP contribution in [0.3, 0.4) is 0 Å². The lowest BCUT2D eigenvalue weighted by atomic mass is 10.2. The number of carbonyl (C=O) groups is 1. The van der Waals surface area contributed by atoms with E-state index in [1.54, 1.807) is 11.0 Å². The van der Waals surface area contributed by atoms with Crippen LogP contribution in [-0.4, -0.2) is 62.7 Å². The van der Waals surface area contributed by atoms with Gasteiger partial charge in [0.15, 0.2) is 10.2 Å². The zero-order chi connectivity index (χ0) is 20.5. The molecule has 1 saturated heterocycles. The fourth-order valence-electron chi connectivity index (χ4n) is 2.67. The molecule has 1 amide bonds. The van der Waals surface area contributed by atoms with Crippen molar-refractivity contribution in [3.63, 3.8) is 0 Å². The third kappa shape index (κ3) is 4.84. The van der Waals surface area contributed by atoms with Gasteiger partial charge in [0.1, 0.15) is 5.60 Å². The zero-order valence-corrected chi connectivity index (χ0v) is 17.4. The van der Waals surface area contributed by atoms with Gasteiger partial charge in [-0.05, 0) is 39.1 Å². The Bertz CT molecular complexity index is 916. The summed E-state index contributed by atoms with van der Waals surface area (Å²) in [5.41, 5.74) is 0.187. The summed E-state index contributed by atoms with van der Waals surface area (Å²) < 4.78 is 6.11. The number of fused-ring (bicyclic) bond motifs is 1. The predicted molar refractivity (Wildman–Crippen MR) is 112 cm³/mol. The highest BCUT2D eigenvalue weighted by atomic mass is 32.1. The van der Waals surface area contributed by atoms with Crippen molar-refractivity contribution >= 4 is 55.8 Å². The Morgan fingerprint density at radius 3 is 2.54 bits per heavy atom. The van der Waals surface area contributed by atoms with Gasteiger partial charge in [0.2, 0.25) is 0 Å². The molecule has 1 N–H and O–H groups in total. The summed E-state index contributed by atoms with van der Waals surface area (Å²) in [6.45, 7) is 7.72. The lowest BCUT2D eigenvalue weighted by molar-refractivity contribution is -0.384. The molecule has 2 heterocycles. The fraction of sp³-hybridized carbons (Fsp3) is 0.471. The number of non-ortho nitro benzene ring substituents is 1. The van der Waals surface area contributed by atoms with Crippen LogP contribution in [0.25, 0.3) is 10.2 Å². The van der Waals surface area contributed by atoms with Crippen molar-refractivity contribution in [3.05, 3.63) is 28.3 Å². The standard InChI is InChI=1S/C17H21N5O4S2/c1-17(2,3)26-16(23)21-8-6-20(7-9-21)15(27)19-14-18-12-5-4-11(22(24)25)10-13(12)28-14/h4-5,10H,6-9H2,1-3H3,(H,18,19,27). The van der Waals surface area contributed by atoms with Crippen molar-refractivity contribution in [2.45, 2.75) is 26.4 Å². The molecule has 2 aromatic rings. The molecule has 28 heavy (non-hydrogen) atoms. The molecule has 0 unspecified atom stereocenters. The Balaban J connectivity index is 1.58. The summed E-state index contributed by atoms with van der Waals surface area (Å²) in [5.74, 6) is 0. The van der Waals surface area contributed by atoms with Crippen LogP contribution in [0, 0.1) is 10.1 Å². The van der Waals surface area contributed by atoms with Crippen LogP contribution in [0.15, 0.2) is 18.2 Å². The molecule has 0 saturated carbocycles. The first-order chi connectivity index (χ1) is 13.1. The van der Waals surface area contributed by atoms with Gasteiger partial charge in [-0.15, -0.1) is 0 Å². The maximum Gasteiger partial charge on any atom is 0.410 e. The Labute approximate surface area is 171 Å². The number of hydrogen-bond donors (Lipinski definition) is 1. The Morgan fingerprint density at radius 2 is 1.93 bits per heavy atom. The van der Waals surface area contributed by atoms with E-state index in [-0.39, 0.29) is 11.8 Å². The molecule has 0 aliphatic carbocycles. The number of benzene rings is 1. The first-order valence-electron chi connectivity index (χ1n) is 8.71. The molecule has 11 heteroatoms. The third-order valence-electron chi connectivity index (χ3n) is 4.02. The predicted octanol–water partition coefficient (Wildman–Crippen LogP) is 3.45. The highest BCUT2D eigenvalue weighted by Crippen LogP contribution is 2.29. The molecule has 0 atom stereocenters. The summed E-state index contributed by atoms with van der Waals surface area (Å²) in [5, 5.41) is 15.1. The number of anilines is 1. The van der Waals surface area contributed by atoms with Gasteiger partial charge >= 0.3 is 6.09 Å². The van der Waals surface area contributed by atoms with Gasteiger partial charge in [-0.25, -0.2) is 9.78 Å². The number of nitrogens with zero attached hydrogens (tertiary/aromatic N) is 4. The van der Waals surface area contributed by atoms with E-state index in [4.69, 9.17) is 17.0 Å². The third-order valence-corrected chi connectivity index (χ3v) is 5.31. The van der Waals surface area contributed by atoms with Crippen LogP contribution >= 0.6 is 23.6 Å². The second-order valence-electron chi connectivity index (χ2n) is 7.31. The number of rotatable bonds is 2. The van der Waals surface area contributed by atoms with E-state index in [2.05, 4.69) is 10.3 Å². The SMILES string of the molecule is CC(C)(C)OC(=O)N1CCN(C(=S)Nc2nc3ccc([N+](=O)[O-])cc3s2)CC1. The quantitative estimate of drug-likeness (QED) is 0.445. The maximum atomic E-state index is 12.1. The van der Waals surface area contributed by atoms with E-state index < -0.39 is 10.5 Å². The molecule has 1 fully saturated rings. The molecule has 9 nitrogen and oxygen atoms in total. The number of amides is 1. The number of thiocarbonyl (C=S) groups is 1. The van der Waals surface area contributed by atoms with Gasteiger partial charge in [-0.3, -0.25) is 10.1 Å². The van der Waals surface area contributed by atoms with E-state index in [1.165, 1.54) is 23.5 Å². The van der Waals surface area contributed by atoms with Gasteiger partial charge in [-0.1, -0.05) is 11.3 Å². The minimum absolute atomic E-state index is 0.0311. The summed E-state index contributed by atoms with van der Waals surface area (Å²) >= 11 is 6.77. The summed E-state index contributed by atoms with van der Waals surface area (Å²) in [6, 6.07) is 4.55. The topological polar surface area (TPSA) is 101 Å². The number of thiazole rings is 1. The van der Waals surface area contributed by atoms with E-state index in [0.717, 1.165) is 0 Å². The Hall–Kier alpha value is -2.53. The van der Waals surface area contributed by atoms with Crippen molar-refractivity contribution in [2.24, 2.45) is 0 Å². The number of nitro benzene ring substituents is 1. The van der Waals surface area contributed by atoms with Crippen LogP contribution in [0.1, 0.15) is 20.8 Å². The number of aromatic nitrogens is 1. The molecule has 150 valence electrons. The monoisotopic (exact) mass is 423 g/mol. The van der Waals surface area contributed by atoms with Gasteiger partial charge in [0.05, 0.1) is 15.1 Å². The molecule has 0 radical (unpaired) electrons. The number of piperazine rings is 1. The zero-order valence-electron chi connectivity index (χ0n) is 15.8. The van der Waals surface area contributed by atoms with Crippen molar-refractivity contribution < 1.29 is 14.5 Å². The van der Waals surface area contributed by atoms with Crippen LogP contribution < -0.4 is 5.32 Å². The van der Waals surface area contributed by atoms with E-state index in [1.807, 2.05) is 25.7 Å². The van der Waals surface area contributed by atoms with E-state index in [9.17, 15) is 14.9 Å². The lowest BCUT2D eigenvalue weighted by Crippen LogP contribution is -2.52. The number of carbonyl (C=O) groups excluding carboxylic acids is 1. The molecule has 1 aromatic heterocycles. The molecule has 3 rings (SSSR count). The minimum Gasteiger partial charge on any atom is -0.444 e. The largest absolute Gasteiger partial charge is 0.444 e. The molecule has 1 aliphatic rings. The van der Waals surface area contributed by atoms with Crippen LogP contribution in [0.5, 0.6) is 0 Å². The second-order valence-corrected chi connectivity index (χ2v) is 8.73. The summed E-state index contributed by atoms with van der Waals surface area (Å²) in [4.78, 5) is 30.7. The normalized spacial score (nSPS) is 14.8. The number of ether oxygens (including phenoxy) is 1. The minimum atomic E-state index is -0.521. The number of nitrogens with one attached hydrogen (secondary N) is 1. The first kappa shape index (κ1) is 20.2. The van der Waals surface area contributed by atoms with Gasteiger partial charge in [0.25, 0.3) is 5.69 Å². The van der Waals surface area contributed by atoms with Crippen LogP contribution in [-0.2, 0) is 4.74 Å². The second kappa shape index (κ2) is 7.84. The summed E-state index contributed by atoms with van der Waals surface area (Å²) in [6.07, 6.45) is -0.321. The van der Waals surface area contributed by atoms with Crippen molar-refractivity contribution in [3.8, 4) is 0 Å². The molecule has 0 spiro atoms. The fourth-order valence-corrected chi connectivity index (χ4v) is 3.91. The molecular weight excluding hydrogens is 402 g/mol. The molecule has 1 aromatic carbocycles. The lowest BCUT2D eigenvalue weighted by Gasteiger charge is -2.36. The number of hydrogen-bond acceptors (Lipinski definition) is 7. The smallest absolute Gasteiger partial charge is 0.410 e. The van der Waals surface area contributed by atoms with Gasteiger partial charge in [0, 0.05) is 38.3 Å². The maximum absolute atomic E-state index is 12.1. The highest BCUT2D eigenvalue weighted by molar-refractivity contribution is 7.80.